The minimum atomic E-state index is -0.154. The molecule has 3 rings (SSSR count). The van der Waals surface area contributed by atoms with Crippen molar-refractivity contribution in [3.05, 3.63) is 77.3 Å². The van der Waals surface area contributed by atoms with Crippen molar-refractivity contribution >= 4 is 46.6 Å². The number of carbonyl (C=O) groups excluding carboxylic acids is 2. The first kappa shape index (κ1) is 23.5. The van der Waals surface area contributed by atoms with Crippen LogP contribution in [0.3, 0.4) is 0 Å². The van der Waals surface area contributed by atoms with Crippen LogP contribution in [0.5, 0.6) is 11.5 Å². The largest absolute Gasteiger partial charge is 0.497 e. The van der Waals surface area contributed by atoms with Crippen molar-refractivity contribution in [2.75, 3.05) is 30.6 Å². The number of nitrogens with one attached hydrogen (secondary N) is 2. The Balaban J connectivity index is 1.48. The smallest absolute Gasteiger partial charge is 0.234 e. The molecule has 0 unspecified atom stereocenters. The number of benzene rings is 3. The highest BCUT2D eigenvalue weighted by molar-refractivity contribution is 8.00. The Hall–Kier alpha value is -3.16. The number of methoxy groups -OCH3 is 2. The highest BCUT2D eigenvalue weighted by Crippen LogP contribution is 2.29. The van der Waals surface area contributed by atoms with Crippen LogP contribution < -0.4 is 20.1 Å². The van der Waals surface area contributed by atoms with Gasteiger partial charge in [0.05, 0.1) is 32.1 Å². The van der Waals surface area contributed by atoms with Crippen LogP contribution in [0, 0.1) is 0 Å². The lowest BCUT2D eigenvalue weighted by Gasteiger charge is -2.11. The average Bonchev–Trinajstić information content (AvgIpc) is 2.80. The second-order valence-corrected chi connectivity index (χ2v) is 8.26. The maximum Gasteiger partial charge on any atom is 0.234 e. The third-order valence-corrected chi connectivity index (χ3v) is 5.73. The van der Waals surface area contributed by atoms with Crippen LogP contribution in [0.25, 0.3) is 0 Å². The predicted octanol–water partition coefficient (Wildman–Crippen LogP) is 5.27. The van der Waals surface area contributed by atoms with Crippen LogP contribution >= 0.6 is 23.4 Å². The Labute approximate surface area is 196 Å². The summed E-state index contributed by atoms with van der Waals surface area (Å²) >= 11 is 7.26. The van der Waals surface area contributed by atoms with E-state index in [0.29, 0.717) is 27.9 Å². The van der Waals surface area contributed by atoms with Gasteiger partial charge in [0.25, 0.3) is 0 Å². The molecule has 0 aliphatic heterocycles. The van der Waals surface area contributed by atoms with Crippen LogP contribution in [0.4, 0.5) is 11.4 Å². The number of carbonyl (C=O) groups is 2. The first-order valence-corrected chi connectivity index (χ1v) is 11.1. The fourth-order valence-electron chi connectivity index (χ4n) is 2.86. The number of thioether (sulfide) groups is 1. The highest BCUT2D eigenvalue weighted by Gasteiger charge is 2.10. The lowest BCUT2D eigenvalue weighted by atomic mass is 10.1. The second-order valence-electron chi connectivity index (χ2n) is 6.78. The molecule has 0 aliphatic carbocycles. The number of anilines is 2. The molecule has 8 heteroatoms. The summed E-state index contributed by atoms with van der Waals surface area (Å²) in [5.41, 5.74) is 2.16. The molecule has 3 aromatic rings. The van der Waals surface area contributed by atoms with Gasteiger partial charge in [-0.2, -0.15) is 0 Å². The molecule has 166 valence electrons. The second kappa shape index (κ2) is 11.5. The summed E-state index contributed by atoms with van der Waals surface area (Å²) < 4.78 is 10.5. The maximum atomic E-state index is 12.3. The highest BCUT2D eigenvalue weighted by atomic mass is 35.5. The summed E-state index contributed by atoms with van der Waals surface area (Å²) in [6, 6.07) is 19.7. The fourth-order valence-corrected chi connectivity index (χ4v) is 3.69. The summed E-state index contributed by atoms with van der Waals surface area (Å²) in [5, 5.41) is 6.35. The molecule has 2 amide bonds. The van der Waals surface area contributed by atoms with E-state index < -0.39 is 0 Å². The normalized spacial score (nSPS) is 10.3. The van der Waals surface area contributed by atoms with Gasteiger partial charge in [0.15, 0.2) is 0 Å². The van der Waals surface area contributed by atoms with Crippen molar-refractivity contribution in [3.63, 3.8) is 0 Å². The van der Waals surface area contributed by atoms with Crippen LogP contribution in [-0.4, -0.2) is 31.8 Å². The molecule has 2 N–H and O–H groups in total. The molecular formula is C24H23ClN2O4S. The fraction of sp³-hybridized carbons (Fsp3) is 0.167. The van der Waals surface area contributed by atoms with E-state index in [1.165, 1.54) is 18.9 Å². The number of hydrogen-bond acceptors (Lipinski definition) is 5. The topological polar surface area (TPSA) is 76.7 Å². The number of halogens is 1. The molecule has 0 aliphatic rings. The SMILES string of the molecule is COc1ccc(NC(=O)CSc2ccc(NC(=O)Cc3ccc(Cl)cc3)cc2)c(OC)c1. The van der Waals surface area contributed by atoms with Gasteiger partial charge in [-0.3, -0.25) is 9.59 Å². The van der Waals surface area contributed by atoms with E-state index in [2.05, 4.69) is 10.6 Å². The van der Waals surface area contributed by atoms with Gasteiger partial charge >= 0.3 is 0 Å². The van der Waals surface area contributed by atoms with Crippen molar-refractivity contribution in [2.24, 2.45) is 0 Å². The zero-order valence-electron chi connectivity index (χ0n) is 17.7. The Morgan fingerprint density at radius 1 is 0.875 bits per heavy atom. The molecule has 0 aromatic heterocycles. The van der Waals surface area contributed by atoms with E-state index in [9.17, 15) is 9.59 Å². The van der Waals surface area contributed by atoms with Crippen LogP contribution in [0.15, 0.2) is 71.6 Å². The van der Waals surface area contributed by atoms with Gasteiger partial charge < -0.3 is 20.1 Å². The van der Waals surface area contributed by atoms with Crippen molar-refractivity contribution in [1.82, 2.24) is 0 Å². The van der Waals surface area contributed by atoms with E-state index in [4.69, 9.17) is 21.1 Å². The number of amides is 2. The Morgan fingerprint density at radius 2 is 1.59 bits per heavy atom. The van der Waals surface area contributed by atoms with Gasteiger partial charge in [-0.15, -0.1) is 11.8 Å². The van der Waals surface area contributed by atoms with Crippen LogP contribution in [-0.2, 0) is 16.0 Å². The van der Waals surface area contributed by atoms with Gasteiger partial charge in [0, 0.05) is 21.7 Å². The Morgan fingerprint density at radius 3 is 2.25 bits per heavy atom. The van der Waals surface area contributed by atoms with Gasteiger partial charge in [-0.05, 0) is 54.1 Å². The lowest BCUT2D eigenvalue weighted by Crippen LogP contribution is -2.15. The zero-order valence-corrected chi connectivity index (χ0v) is 19.3. The molecule has 0 spiro atoms. The molecule has 6 nitrogen and oxygen atoms in total. The van der Waals surface area contributed by atoms with Crippen molar-refractivity contribution in [3.8, 4) is 11.5 Å². The molecule has 0 heterocycles. The third kappa shape index (κ3) is 6.93. The number of ether oxygens (including phenoxy) is 2. The van der Waals surface area contributed by atoms with Gasteiger partial charge in [0.1, 0.15) is 11.5 Å². The molecule has 0 saturated heterocycles. The summed E-state index contributed by atoms with van der Waals surface area (Å²) in [6.07, 6.45) is 0.267. The van der Waals surface area contributed by atoms with Gasteiger partial charge in [-0.1, -0.05) is 23.7 Å². The van der Waals surface area contributed by atoms with Gasteiger partial charge in [-0.25, -0.2) is 0 Å². The third-order valence-electron chi connectivity index (χ3n) is 4.47. The van der Waals surface area contributed by atoms with E-state index in [-0.39, 0.29) is 24.0 Å². The van der Waals surface area contributed by atoms with E-state index in [1.54, 1.807) is 37.4 Å². The molecule has 0 bridgehead atoms. The Kier molecular flexibility index (Phi) is 8.41. The van der Waals surface area contributed by atoms with Crippen molar-refractivity contribution in [2.45, 2.75) is 11.3 Å². The van der Waals surface area contributed by atoms with E-state index >= 15 is 0 Å². The molecule has 3 aromatic carbocycles. The standard InChI is InChI=1S/C24H23ClN2O4S/c1-30-19-9-12-21(22(14-19)31-2)27-24(29)15-32-20-10-7-18(8-11-20)26-23(28)13-16-3-5-17(25)6-4-16/h3-12,14H,13,15H2,1-2H3,(H,26,28)(H,27,29). The minimum Gasteiger partial charge on any atom is -0.497 e. The van der Waals surface area contributed by atoms with Crippen LogP contribution in [0.1, 0.15) is 5.56 Å². The summed E-state index contributed by atoms with van der Waals surface area (Å²) in [5.74, 6) is 1.15. The average molecular weight is 471 g/mol. The first-order valence-electron chi connectivity index (χ1n) is 9.76. The van der Waals surface area contributed by atoms with Crippen LogP contribution in [0.2, 0.25) is 5.02 Å². The zero-order chi connectivity index (χ0) is 22.9. The maximum absolute atomic E-state index is 12.3. The molecule has 0 radical (unpaired) electrons. The molecular weight excluding hydrogens is 448 g/mol. The molecule has 0 fully saturated rings. The summed E-state index contributed by atoms with van der Waals surface area (Å²) in [7, 11) is 3.11. The summed E-state index contributed by atoms with van der Waals surface area (Å²) in [4.78, 5) is 25.5. The van der Waals surface area contributed by atoms with Crippen molar-refractivity contribution in [1.29, 1.82) is 0 Å². The lowest BCUT2D eigenvalue weighted by molar-refractivity contribution is -0.115. The predicted molar refractivity (Wildman–Crippen MR) is 129 cm³/mol. The van der Waals surface area contributed by atoms with Crippen molar-refractivity contribution < 1.29 is 19.1 Å². The Bertz CT molecular complexity index is 1070. The summed E-state index contributed by atoms with van der Waals surface area (Å²) in [6.45, 7) is 0. The molecule has 0 atom stereocenters. The monoisotopic (exact) mass is 470 g/mol. The number of hydrogen-bond donors (Lipinski definition) is 2. The van der Waals surface area contributed by atoms with Gasteiger partial charge in [0.2, 0.25) is 11.8 Å². The quantitative estimate of drug-likeness (QED) is 0.417. The first-order chi connectivity index (χ1) is 15.5. The van der Waals surface area contributed by atoms with E-state index in [0.717, 1.165) is 10.5 Å². The molecule has 32 heavy (non-hydrogen) atoms. The minimum absolute atomic E-state index is 0.111. The van der Waals surface area contributed by atoms with E-state index in [1.807, 2.05) is 36.4 Å². The molecule has 0 saturated carbocycles. The number of rotatable bonds is 9.